The van der Waals surface area contributed by atoms with Crippen molar-refractivity contribution in [3.63, 3.8) is 0 Å². The van der Waals surface area contributed by atoms with E-state index in [4.69, 9.17) is 38.5 Å². The van der Waals surface area contributed by atoms with Crippen molar-refractivity contribution in [2.24, 2.45) is 0 Å². The van der Waals surface area contributed by atoms with Crippen LogP contribution in [0.1, 0.15) is 57.8 Å². The molecule has 0 bridgehead atoms. The van der Waals surface area contributed by atoms with Crippen molar-refractivity contribution in [1.82, 2.24) is 0 Å². The van der Waals surface area contributed by atoms with E-state index >= 15 is 0 Å². The summed E-state index contributed by atoms with van der Waals surface area (Å²) in [6, 6.07) is 0.597. The molecule has 0 aromatic heterocycles. The van der Waals surface area contributed by atoms with Gasteiger partial charge in [-0.1, -0.05) is 44.9 Å². The standard InChI is InChI=1S/C11H20Cl3NSi/c12-16(13,14)11-9-7-5-3-1-2-4-6-8-10-15/h1-9,11H2. The molecule has 1 nitrogen and oxygen atoms in total. The third kappa shape index (κ3) is 14.6. The SMILES string of the molecule is N#CCCCCCCCCCC[Si](Cl)(Cl)Cl. The Morgan fingerprint density at radius 1 is 0.750 bits per heavy atom. The van der Waals surface area contributed by atoms with Gasteiger partial charge in [-0.2, -0.15) is 5.26 Å². The molecule has 0 unspecified atom stereocenters. The van der Waals surface area contributed by atoms with Crippen LogP contribution in [0.3, 0.4) is 0 Å². The quantitative estimate of drug-likeness (QED) is 0.289. The minimum atomic E-state index is -2.36. The van der Waals surface area contributed by atoms with Crippen molar-refractivity contribution in [3.05, 3.63) is 0 Å². The molecule has 0 heterocycles. The van der Waals surface area contributed by atoms with Crippen LogP contribution in [0.2, 0.25) is 6.04 Å². The fraction of sp³-hybridized carbons (Fsp3) is 0.909. The normalized spacial score (nSPS) is 11.4. The minimum Gasteiger partial charge on any atom is -0.198 e. The maximum absolute atomic E-state index is 8.35. The van der Waals surface area contributed by atoms with Crippen LogP contribution in [0, 0.1) is 11.3 Å². The lowest BCUT2D eigenvalue weighted by Gasteiger charge is -2.06. The fourth-order valence-electron chi connectivity index (χ4n) is 1.59. The first-order chi connectivity index (χ1) is 7.56. The molecule has 0 radical (unpaired) electrons. The van der Waals surface area contributed by atoms with Crippen LogP contribution < -0.4 is 0 Å². The molecule has 0 spiro atoms. The fourth-order valence-corrected chi connectivity index (χ4v) is 3.44. The Balaban J connectivity index is 3.02. The summed E-state index contributed by atoms with van der Waals surface area (Å²) < 4.78 is 0. The van der Waals surface area contributed by atoms with Gasteiger partial charge in [-0.15, -0.1) is 33.2 Å². The molecule has 0 N–H and O–H groups in total. The zero-order chi connectivity index (χ0) is 12.3. The van der Waals surface area contributed by atoms with Crippen molar-refractivity contribution in [2.45, 2.75) is 63.8 Å². The molecular formula is C11H20Cl3NSi. The van der Waals surface area contributed by atoms with E-state index in [2.05, 4.69) is 6.07 Å². The number of rotatable bonds is 10. The second kappa shape index (κ2) is 10.7. The summed E-state index contributed by atoms with van der Waals surface area (Å²) in [6.07, 6.45) is 10.2. The summed E-state index contributed by atoms with van der Waals surface area (Å²) in [5, 5.41) is 8.35. The van der Waals surface area contributed by atoms with E-state index in [0.717, 1.165) is 18.9 Å². The van der Waals surface area contributed by atoms with Crippen LogP contribution >= 0.6 is 33.2 Å². The molecular weight excluding hydrogens is 281 g/mol. The first-order valence-electron chi connectivity index (χ1n) is 6.00. The third-order valence-corrected chi connectivity index (χ3v) is 5.12. The molecule has 0 saturated carbocycles. The number of nitriles is 1. The molecule has 0 aliphatic rings. The molecule has 0 saturated heterocycles. The number of halogens is 3. The highest BCUT2D eigenvalue weighted by Crippen LogP contribution is 2.27. The van der Waals surface area contributed by atoms with Crippen LogP contribution in [0.15, 0.2) is 0 Å². The van der Waals surface area contributed by atoms with Crippen LogP contribution in [-0.2, 0) is 0 Å². The topological polar surface area (TPSA) is 23.8 Å². The van der Waals surface area contributed by atoms with E-state index in [1.165, 1.54) is 38.5 Å². The molecule has 0 aromatic rings. The van der Waals surface area contributed by atoms with Crippen LogP contribution in [-0.4, -0.2) is 6.00 Å². The summed E-state index contributed by atoms with van der Waals surface area (Å²) in [7, 11) is 0. The molecule has 0 amide bonds. The Morgan fingerprint density at radius 3 is 1.62 bits per heavy atom. The molecule has 0 aliphatic carbocycles. The number of unbranched alkanes of at least 4 members (excludes halogenated alkanes) is 8. The maximum Gasteiger partial charge on any atom is 0.341 e. The first kappa shape index (κ1) is 16.6. The lowest BCUT2D eigenvalue weighted by atomic mass is 10.1. The lowest BCUT2D eigenvalue weighted by molar-refractivity contribution is 0.578. The Morgan fingerprint density at radius 2 is 1.19 bits per heavy atom. The predicted octanol–water partition coefficient (Wildman–Crippen LogP) is 5.68. The molecule has 0 aliphatic heterocycles. The zero-order valence-electron chi connectivity index (χ0n) is 9.65. The monoisotopic (exact) mass is 299 g/mol. The first-order valence-corrected chi connectivity index (χ1v) is 11.2. The largest absolute Gasteiger partial charge is 0.341 e. The van der Waals surface area contributed by atoms with Crippen molar-refractivity contribution >= 4 is 39.2 Å². The van der Waals surface area contributed by atoms with Gasteiger partial charge >= 0.3 is 6.00 Å². The molecule has 0 atom stereocenters. The van der Waals surface area contributed by atoms with Gasteiger partial charge in [0.2, 0.25) is 0 Å². The van der Waals surface area contributed by atoms with Crippen molar-refractivity contribution in [2.75, 3.05) is 0 Å². The molecule has 5 heteroatoms. The third-order valence-electron chi connectivity index (χ3n) is 2.50. The smallest absolute Gasteiger partial charge is 0.198 e. The van der Waals surface area contributed by atoms with Gasteiger partial charge < -0.3 is 0 Å². The van der Waals surface area contributed by atoms with E-state index in [9.17, 15) is 0 Å². The van der Waals surface area contributed by atoms with Gasteiger partial charge in [0.15, 0.2) is 0 Å². The van der Waals surface area contributed by atoms with E-state index in [1.807, 2.05) is 0 Å². The van der Waals surface area contributed by atoms with Crippen LogP contribution in [0.5, 0.6) is 0 Å². The average Bonchev–Trinajstić information content (AvgIpc) is 2.19. The maximum atomic E-state index is 8.35. The molecule has 0 fully saturated rings. The highest BCUT2D eigenvalue weighted by molar-refractivity contribution is 7.64. The van der Waals surface area contributed by atoms with Gasteiger partial charge in [0.05, 0.1) is 6.07 Å². The number of hydrogen-bond donors (Lipinski definition) is 0. The van der Waals surface area contributed by atoms with E-state index in [0.29, 0.717) is 6.42 Å². The Labute approximate surface area is 114 Å². The second-order valence-electron chi connectivity index (χ2n) is 4.10. The minimum absolute atomic E-state index is 0.702. The van der Waals surface area contributed by atoms with E-state index in [1.54, 1.807) is 0 Å². The Hall–Kier alpha value is 0.577. The summed E-state index contributed by atoms with van der Waals surface area (Å²) in [4.78, 5) is 0. The Kier molecular flexibility index (Phi) is 11.1. The zero-order valence-corrected chi connectivity index (χ0v) is 12.9. The molecule has 94 valence electrons. The lowest BCUT2D eigenvalue weighted by Crippen LogP contribution is -2.07. The van der Waals surface area contributed by atoms with Crippen molar-refractivity contribution < 1.29 is 0 Å². The Bertz CT molecular complexity index is 198. The predicted molar refractivity (Wildman–Crippen MR) is 75.3 cm³/mol. The van der Waals surface area contributed by atoms with Crippen molar-refractivity contribution in [3.8, 4) is 6.07 Å². The summed E-state index contributed by atoms with van der Waals surface area (Å²) in [5.74, 6) is 0. The molecule has 16 heavy (non-hydrogen) atoms. The van der Waals surface area contributed by atoms with Gasteiger partial charge in [-0.25, -0.2) is 0 Å². The average molecular weight is 301 g/mol. The van der Waals surface area contributed by atoms with Gasteiger partial charge in [0.25, 0.3) is 0 Å². The highest BCUT2D eigenvalue weighted by Gasteiger charge is 2.23. The van der Waals surface area contributed by atoms with Crippen LogP contribution in [0.25, 0.3) is 0 Å². The van der Waals surface area contributed by atoms with Gasteiger partial charge in [0.1, 0.15) is 0 Å². The van der Waals surface area contributed by atoms with Crippen molar-refractivity contribution in [1.29, 1.82) is 5.26 Å². The van der Waals surface area contributed by atoms with Crippen LogP contribution in [0.4, 0.5) is 0 Å². The number of hydrogen-bond acceptors (Lipinski definition) is 1. The van der Waals surface area contributed by atoms with E-state index < -0.39 is 6.00 Å². The highest BCUT2D eigenvalue weighted by atomic mass is 35.8. The summed E-state index contributed by atoms with van der Waals surface area (Å²) in [6.45, 7) is 0. The summed E-state index contributed by atoms with van der Waals surface area (Å²) in [5.41, 5.74) is 0. The molecule has 0 aromatic carbocycles. The van der Waals surface area contributed by atoms with Gasteiger partial charge in [-0.05, 0) is 12.5 Å². The molecule has 0 rings (SSSR count). The van der Waals surface area contributed by atoms with Gasteiger partial charge in [0, 0.05) is 6.42 Å². The second-order valence-corrected chi connectivity index (χ2v) is 13.4. The summed E-state index contributed by atoms with van der Waals surface area (Å²) >= 11 is 17.4. The number of nitrogens with zero attached hydrogens (tertiary/aromatic N) is 1. The van der Waals surface area contributed by atoms with E-state index in [-0.39, 0.29) is 0 Å². The van der Waals surface area contributed by atoms with Gasteiger partial charge in [-0.3, -0.25) is 0 Å².